The average Bonchev–Trinajstić information content (AvgIpc) is 3.11. The molecular formula is C19H14ClF2N3O2. The second-order valence-electron chi connectivity index (χ2n) is 6.70. The summed E-state index contributed by atoms with van der Waals surface area (Å²) in [7, 11) is 0. The van der Waals surface area contributed by atoms with Crippen molar-refractivity contribution in [2.24, 2.45) is 0 Å². The Morgan fingerprint density at radius 2 is 2.11 bits per heavy atom. The fourth-order valence-corrected chi connectivity index (χ4v) is 4.54. The Hall–Kier alpha value is -2.67. The van der Waals surface area contributed by atoms with E-state index in [0.717, 1.165) is 16.9 Å². The first-order valence-corrected chi connectivity index (χ1v) is 8.88. The molecule has 0 spiro atoms. The zero-order chi connectivity index (χ0) is 18.9. The number of amides is 1. The molecule has 2 aliphatic heterocycles. The van der Waals surface area contributed by atoms with Crippen molar-refractivity contribution < 1.29 is 18.3 Å². The highest BCUT2D eigenvalue weighted by Crippen LogP contribution is 2.55. The molecule has 1 amide bonds. The molecule has 0 N–H and O–H groups in total. The minimum absolute atomic E-state index is 0.0777. The lowest BCUT2D eigenvalue weighted by atomic mass is 9.93. The lowest BCUT2D eigenvalue weighted by Crippen LogP contribution is -2.35. The number of halogens is 3. The van der Waals surface area contributed by atoms with E-state index in [1.54, 1.807) is 23.1 Å². The van der Waals surface area contributed by atoms with Gasteiger partial charge in [0.15, 0.2) is 0 Å². The summed E-state index contributed by atoms with van der Waals surface area (Å²) in [4.78, 5) is 18.8. The minimum Gasteiger partial charge on any atom is -0.434 e. The number of ether oxygens (including phenoxy) is 1. The Labute approximate surface area is 158 Å². The Morgan fingerprint density at radius 1 is 1.30 bits per heavy atom. The van der Waals surface area contributed by atoms with Crippen LogP contribution in [-0.4, -0.2) is 22.1 Å². The van der Waals surface area contributed by atoms with Crippen LogP contribution < -0.4 is 9.64 Å². The number of benzene rings is 2. The molecule has 2 aromatic carbocycles. The third-order valence-corrected chi connectivity index (χ3v) is 5.47. The van der Waals surface area contributed by atoms with E-state index in [9.17, 15) is 13.6 Å². The van der Waals surface area contributed by atoms with Crippen molar-refractivity contribution in [3.63, 3.8) is 0 Å². The predicted octanol–water partition coefficient (Wildman–Crippen LogP) is 4.69. The van der Waals surface area contributed by atoms with Gasteiger partial charge >= 0.3 is 6.61 Å². The molecule has 138 valence electrons. The maximum Gasteiger partial charge on any atom is 0.387 e. The number of alkyl halides is 2. The molecule has 2 bridgehead atoms. The van der Waals surface area contributed by atoms with E-state index in [4.69, 9.17) is 21.3 Å². The van der Waals surface area contributed by atoms with Crippen LogP contribution in [0.25, 0.3) is 11.0 Å². The van der Waals surface area contributed by atoms with Crippen LogP contribution >= 0.6 is 11.6 Å². The maximum atomic E-state index is 13.0. The summed E-state index contributed by atoms with van der Waals surface area (Å²) >= 11 is 6.17. The summed E-state index contributed by atoms with van der Waals surface area (Å²) in [6.07, 6.45) is 0.557. The Balaban J connectivity index is 1.81. The van der Waals surface area contributed by atoms with Crippen molar-refractivity contribution in [2.45, 2.75) is 32.0 Å². The third kappa shape index (κ3) is 2.27. The molecule has 3 heterocycles. The fraction of sp³-hybridized carbons (Fsp3) is 0.263. The summed E-state index contributed by atoms with van der Waals surface area (Å²) in [6, 6.07) is 9.76. The van der Waals surface area contributed by atoms with E-state index in [1.807, 2.05) is 16.7 Å². The van der Waals surface area contributed by atoms with Crippen LogP contribution in [-0.2, 0) is 4.79 Å². The molecule has 0 saturated heterocycles. The van der Waals surface area contributed by atoms with Crippen molar-refractivity contribution >= 4 is 34.2 Å². The minimum atomic E-state index is -2.95. The predicted molar refractivity (Wildman–Crippen MR) is 96.5 cm³/mol. The van der Waals surface area contributed by atoms with Crippen LogP contribution in [0.2, 0.25) is 5.02 Å². The summed E-state index contributed by atoms with van der Waals surface area (Å²) in [5.74, 6) is 0.632. The fourth-order valence-electron chi connectivity index (χ4n) is 4.37. The summed E-state index contributed by atoms with van der Waals surface area (Å²) in [6.45, 7) is -1.48. The summed E-state index contributed by atoms with van der Waals surface area (Å²) < 4.78 is 32.8. The molecule has 0 saturated carbocycles. The van der Waals surface area contributed by atoms with Gasteiger partial charge in [0.05, 0.1) is 28.8 Å². The van der Waals surface area contributed by atoms with Gasteiger partial charge in [0.1, 0.15) is 11.6 Å². The van der Waals surface area contributed by atoms with Crippen molar-refractivity contribution in [3.8, 4) is 5.75 Å². The van der Waals surface area contributed by atoms with Gasteiger partial charge in [-0.05, 0) is 30.3 Å². The lowest BCUT2D eigenvalue weighted by Gasteiger charge is -2.34. The van der Waals surface area contributed by atoms with Gasteiger partial charge in [0, 0.05) is 23.9 Å². The standard InChI is InChI=1S/C19H14ClF2N3O2/c1-9(26)24-12-3-2-4-16(27-19(21)22)17(12)14-8-15(24)18-23-11-6-5-10(20)7-13(11)25(14)18/h2-7,14-15,19H,8H2,1H3/t14-,15-/m1/s1. The zero-order valence-electron chi connectivity index (χ0n) is 14.2. The molecule has 0 unspecified atom stereocenters. The molecule has 2 aliphatic rings. The first-order valence-electron chi connectivity index (χ1n) is 8.50. The van der Waals surface area contributed by atoms with E-state index in [0.29, 0.717) is 22.7 Å². The maximum absolute atomic E-state index is 13.0. The molecule has 5 nitrogen and oxygen atoms in total. The average molecular weight is 390 g/mol. The van der Waals surface area contributed by atoms with Crippen molar-refractivity contribution in [2.75, 3.05) is 4.90 Å². The number of hydrogen-bond donors (Lipinski definition) is 0. The van der Waals surface area contributed by atoms with Gasteiger partial charge in [0.2, 0.25) is 5.91 Å². The molecule has 2 atom stereocenters. The highest BCUT2D eigenvalue weighted by molar-refractivity contribution is 6.31. The lowest BCUT2D eigenvalue weighted by molar-refractivity contribution is -0.117. The van der Waals surface area contributed by atoms with E-state index >= 15 is 0 Å². The van der Waals surface area contributed by atoms with Crippen molar-refractivity contribution in [1.82, 2.24) is 9.55 Å². The van der Waals surface area contributed by atoms with E-state index in [-0.39, 0.29) is 23.7 Å². The van der Waals surface area contributed by atoms with Gasteiger partial charge in [-0.1, -0.05) is 17.7 Å². The number of carbonyl (C=O) groups is 1. The van der Waals surface area contributed by atoms with Crippen molar-refractivity contribution in [1.29, 1.82) is 0 Å². The summed E-state index contributed by atoms with van der Waals surface area (Å²) in [5.41, 5.74) is 2.72. The van der Waals surface area contributed by atoms with E-state index < -0.39 is 6.61 Å². The van der Waals surface area contributed by atoms with E-state index in [2.05, 4.69) is 0 Å². The molecular weight excluding hydrogens is 376 g/mol. The summed E-state index contributed by atoms with van der Waals surface area (Å²) in [5, 5.41) is 0.562. The second-order valence-corrected chi connectivity index (χ2v) is 7.13. The molecule has 1 aromatic heterocycles. The van der Waals surface area contributed by atoms with Gasteiger partial charge in [-0.3, -0.25) is 4.79 Å². The highest BCUT2D eigenvalue weighted by atomic mass is 35.5. The van der Waals surface area contributed by atoms with Crippen LogP contribution in [0, 0.1) is 0 Å². The number of fused-ring (bicyclic) bond motifs is 9. The molecule has 27 heavy (non-hydrogen) atoms. The molecule has 0 radical (unpaired) electrons. The number of hydrogen-bond acceptors (Lipinski definition) is 3. The van der Waals surface area contributed by atoms with Gasteiger partial charge in [0.25, 0.3) is 0 Å². The monoisotopic (exact) mass is 389 g/mol. The Kier molecular flexibility index (Phi) is 3.46. The molecule has 0 aliphatic carbocycles. The Bertz CT molecular complexity index is 1100. The van der Waals surface area contributed by atoms with Crippen LogP contribution in [0.4, 0.5) is 14.5 Å². The third-order valence-electron chi connectivity index (χ3n) is 5.24. The smallest absolute Gasteiger partial charge is 0.387 e. The zero-order valence-corrected chi connectivity index (χ0v) is 15.0. The number of aromatic nitrogens is 2. The normalized spacial score (nSPS) is 20.1. The number of rotatable bonds is 2. The largest absolute Gasteiger partial charge is 0.434 e. The van der Waals surface area contributed by atoms with Gasteiger partial charge in [-0.15, -0.1) is 0 Å². The van der Waals surface area contributed by atoms with Crippen LogP contribution in [0.1, 0.15) is 36.8 Å². The second kappa shape index (κ2) is 5.66. The number of carbonyl (C=O) groups excluding carboxylic acids is 1. The van der Waals surface area contributed by atoms with Crippen LogP contribution in [0.5, 0.6) is 5.75 Å². The molecule has 0 fully saturated rings. The first-order chi connectivity index (χ1) is 13.0. The van der Waals surface area contributed by atoms with Gasteiger partial charge in [-0.25, -0.2) is 4.98 Å². The molecule has 8 heteroatoms. The first kappa shape index (κ1) is 16.5. The molecule has 3 aromatic rings. The Morgan fingerprint density at radius 3 is 2.85 bits per heavy atom. The number of anilines is 1. The quantitative estimate of drug-likeness (QED) is 0.638. The number of nitrogens with zero attached hydrogens (tertiary/aromatic N) is 3. The van der Waals surface area contributed by atoms with Crippen LogP contribution in [0.15, 0.2) is 36.4 Å². The van der Waals surface area contributed by atoms with E-state index in [1.165, 1.54) is 13.0 Å². The van der Waals surface area contributed by atoms with Gasteiger partial charge in [-0.2, -0.15) is 8.78 Å². The van der Waals surface area contributed by atoms with Gasteiger partial charge < -0.3 is 14.2 Å². The highest BCUT2D eigenvalue weighted by Gasteiger charge is 2.47. The SMILES string of the molecule is CC(=O)N1c2cccc(OC(F)F)c2[C@H]2C[C@@H]1c1nc3ccc(Cl)cc3n12. The van der Waals surface area contributed by atoms with Crippen molar-refractivity contribution in [3.05, 3.63) is 52.8 Å². The van der Waals surface area contributed by atoms with Crippen LogP contribution in [0.3, 0.4) is 0 Å². The topological polar surface area (TPSA) is 47.4 Å². The number of imidazole rings is 1. The molecule has 5 rings (SSSR count).